The Kier molecular flexibility index (Phi) is 3.55. The first-order valence-corrected chi connectivity index (χ1v) is 8.36. The number of aromatic nitrogens is 1. The lowest BCUT2D eigenvalue weighted by Crippen LogP contribution is -2.29. The van der Waals surface area contributed by atoms with Crippen LogP contribution < -0.4 is 10.2 Å². The standard InChI is InChI=1S/C18H15N3OS/c22-17(21-11-10-13-6-4-5-9-16(13)21)15-12-23-18(20-15)19-14-7-2-1-3-8-14/h1-9,12H,10-11H2,(H,19,20). The van der Waals surface area contributed by atoms with Crippen LogP contribution in [-0.4, -0.2) is 17.4 Å². The van der Waals surface area contributed by atoms with Gasteiger partial charge >= 0.3 is 0 Å². The van der Waals surface area contributed by atoms with E-state index in [1.54, 1.807) is 0 Å². The van der Waals surface area contributed by atoms with Crippen molar-refractivity contribution in [3.8, 4) is 0 Å². The van der Waals surface area contributed by atoms with E-state index < -0.39 is 0 Å². The monoisotopic (exact) mass is 321 g/mol. The third kappa shape index (κ3) is 2.71. The topological polar surface area (TPSA) is 45.2 Å². The van der Waals surface area contributed by atoms with Crippen molar-refractivity contribution in [2.75, 3.05) is 16.8 Å². The van der Waals surface area contributed by atoms with Crippen LogP contribution in [0.15, 0.2) is 60.0 Å². The highest BCUT2D eigenvalue weighted by molar-refractivity contribution is 7.14. The molecule has 2 heterocycles. The molecular formula is C18H15N3OS. The number of thiazole rings is 1. The molecule has 3 aromatic rings. The van der Waals surface area contributed by atoms with Gasteiger partial charge in [0.15, 0.2) is 5.13 Å². The zero-order valence-corrected chi connectivity index (χ0v) is 13.2. The molecule has 5 heteroatoms. The maximum atomic E-state index is 12.7. The molecule has 0 spiro atoms. The Bertz CT molecular complexity index is 844. The normalized spacial score (nSPS) is 13.0. The van der Waals surface area contributed by atoms with E-state index >= 15 is 0 Å². The van der Waals surface area contributed by atoms with E-state index in [9.17, 15) is 4.79 Å². The largest absolute Gasteiger partial charge is 0.332 e. The number of rotatable bonds is 3. The van der Waals surface area contributed by atoms with Crippen LogP contribution in [0.1, 0.15) is 16.1 Å². The molecule has 1 aromatic heterocycles. The maximum Gasteiger partial charge on any atom is 0.277 e. The van der Waals surface area contributed by atoms with Crippen molar-refractivity contribution in [3.63, 3.8) is 0 Å². The van der Waals surface area contributed by atoms with Crippen molar-refractivity contribution in [2.45, 2.75) is 6.42 Å². The average Bonchev–Trinajstić information content (AvgIpc) is 3.22. The summed E-state index contributed by atoms with van der Waals surface area (Å²) in [6.45, 7) is 0.719. The molecule has 0 unspecified atom stereocenters. The fraction of sp³-hybridized carbons (Fsp3) is 0.111. The summed E-state index contributed by atoms with van der Waals surface area (Å²) in [5, 5.41) is 5.77. The van der Waals surface area contributed by atoms with Crippen molar-refractivity contribution in [3.05, 3.63) is 71.2 Å². The Morgan fingerprint density at radius 2 is 1.87 bits per heavy atom. The molecule has 114 valence electrons. The molecule has 1 amide bonds. The van der Waals surface area contributed by atoms with Crippen LogP contribution >= 0.6 is 11.3 Å². The van der Waals surface area contributed by atoms with Gasteiger partial charge in [-0.1, -0.05) is 36.4 Å². The fourth-order valence-corrected chi connectivity index (χ4v) is 3.47. The number of carbonyl (C=O) groups is 1. The van der Waals surface area contributed by atoms with E-state index in [0.29, 0.717) is 5.69 Å². The summed E-state index contributed by atoms with van der Waals surface area (Å²) in [7, 11) is 0. The predicted molar refractivity (Wildman–Crippen MR) is 93.7 cm³/mol. The van der Waals surface area contributed by atoms with Gasteiger partial charge in [0.1, 0.15) is 5.69 Å². The maximum absolute atomic E-state index is 12.7. The highest BCUT2D eigenvalue weighted by Gasteiger charge is 2.26. The van der Waals surface area contributed by atoms with Gasteiger partial charge in [0.25, 0.3) is 5.91 Å². The summed E-state index contributed by atoms with van der Waals surface area (Å²) < 4.78 is 0. The number of benzene rings is 2. The van der Waals surface area contributed by atoms with Crippen LogP contribution in [0.4, 0.5) is 16.5 Å². The van der Waals surface area contributed by atoms with E-state index in [1.165, 1.54) is 16.9 Å². The molecule has 0 saturated heterocycles. The minimum atomic E-state index is -0.0349. The molecule has 2 aromatic carbocycles. The van der Waals surface area contributed by atoms with Crippen LogP contribution in [0.2, 0.25) is 0 Å². The quantitative estimate of drug-likeness (QED) is 0.790. The second kappa shape index (κ2) is 5.85. The molecule has 1 N–H and O–H groups in total. The summed E-state index contributed by atoms with van der Waals surface area (Å²) in [6, 6.07) is 17.9. The molecule has 4 rings (SSSR count). The number of nitrogens with zero attached hydrogens (tertiary/aromatic N) is 2. The number of carbonyl (C=O) groups excluding carboxylic acids is 1. The second-order valence-corrected chi connectivity index (χ2v) is 6.22. The van der Waals surface area contributed by atoms with Crippen molar-refractivity contribution < 1.29 is 4.79 Å². The number of nitrogens with one attached hydrogen (secondary N) is 1. The smallest absolute Gasteiger partial charge is 0.277 e. The summed E-state index contributed by atoms with van der Waals surface area (Å²) >= 11 is 1.44. The number of fused-ring (bicyclic) bond motifs is 1. The summed E-state index contributed by atoms with van der Waals surface area (Å²) in [4.78, 5) is 19.0. The first-order valence-electron chi connectivity index (χ1n) is 7.48. The number of para-hydroxylation sites is 2. The third-order valence-electron chi connectivity index (χ3n) is 3.88. The molecule has 4 nitrogen and oxygen atoms in total. The van der Waals surface area contributed by atoms with Crippen LogP contribution in [0.5, 0.6) is 0 Å². The Morgan fingerprint density at radius 3 is 2.74 bits per heavy atom. The van der Waals surface area contributed by atoms with Crippen LogP contribution in [-0.2, 0) is 6.42 Å². The molecule has 0 bridgehead atoms. The molecule has 0 fully saturated rings. The Labute approximate surface area is 138 Å². The lowest BCUT2D eigenvalue weighted by molar-refractivity contribution is 0.0985. The Hall–Kier alpha value is -2.66. The molecule has 0 aliphatic carbocycles. The van der Waals surface area contributed by atoms with Gasteiger partial charge in [-0.15, -0.1) is 11.3 Å². The zero-order chi connectivity index (χ0) is 15.6. The summed E-state index contributed by atoms with van der Waals surface area (Å²) in [5.41, 5.74) is 3.68. The van der Waals surface area contributed by atoms with Gasteiger partial charge in [0.05, 0.1) is 0 Å². The molecule has 1 aliphatic heterocycles. The predicted octanol–water partition coefficient (Wildman–Crippen LogP) is 4.09. The third-order valence-corrected chi connectivity index (χ3v) is 4.64. The lowest BCUT2D eigenvalue weighted by Gasteiger charge is -2.15. The number of amides is 1. The van der Waals surface area contributed by atoms with E-state index in [0.717, 1.165) is 29.5 Å². The summed E-state index contributed by atoms with van der Waals surface area (Å²) in [6.07, 6.45) is 0.904. The van der Waals surface area contributed by atoms with Gasteiger partial charge in [-0.25, -0.2) is 4.98 Å². The first kappa shape index (κ1) is 14.0. The van der Waals surface area contributed by atoms with Crippen LogP contribution in [0.3, 0.4) is 0 Å². The number of hydrogen-bond donors (Lipinski definition) is 1. The van der Waals surface area contributed by atoms with Crippen molar-refractivity contribution in [2.24, 2.45) is 0 Å². The van der Waals surface area contributed by atoms with Gasteiger partial charge in [-0.05, 0) is 30.2 Å². The molecule has 23 heavy (non-hydrogen) atoms. The van der Waals surface area contributed by atoms with Gasteiger partial charge < -0.3 is 10.2 Å². The number of anilines is 3. The van der Waals surface area contributed by atoms with Gasteiger partial charge in [-0.2, -0.15) is 0 Å². The lowest BCUT2D eigenvalue weighted by atomic mass is 10.2. The highest BCUT2D eigenvalue weighted by atomic mass is 32.1. The highest BCUT2D eigenvalue weighted by Crippen LogP contribution is 2.30. The molecular weight excluding hydrogens is 306 g/mol. The van der Waals surface area contributed by atoms with Crippen molar-refractivity contribution >= 4 is 33.8 Å². The SMILES string of the molecule is O=C(c1csc(Nc2ccccc2)n1)N1CCc2ccccc21. The molecule has 0 atom stereocenters. The average molecular weight is 321 g/mol. The molecule has 1 aliphatic rings. The van der Waals surface area contributed by atoms with E-state index in [-0.39, 0.29) is 5.91 Å². The minimum absolute atomic E-state index is 0.0349. The van der Waals surface area contributed by atoms with E-state index in [4.69, 9.17) is 0 Å². The van der Waals surface area contributed by atoms with Gasteiger partial charge in [0.2, 0.25) is 0 Å². The van der Waals surface area contributed by atoms with Crippen molar-refractivity contribution in [1.29, 1.82) is 0 Å². The van der Waals surface area contributed by atoms with Gasteiger partial charge in [-0.3, -0.25) is 4.79 Å². The Balaban J connectivity index is 1.54. The zero-order valence-electron chi connectivity index (χ0n) is 12.4. The van der Waals surface area contributed by atoms with Crippen LogP contribution in [0.25, 0.3) is 0 Å². The van der Waals surface area contributed by atoms with E-state index in [1.807, 2.05) is 58.8 Å². The molecule has 0 saturated carbocycles. The first-order chi connectivity index (χ1) is 11.3. The van der Waals surface area contributed by atoms with Gasteiger partial charge in [0, 0.05) is 23.3 Å². The number of hydrogen-bond acceptors (Lipinski definition) is 4. The van der Waals surface area contributed by atoms with E-state index in [2.05, 4.69) is 16.4 Å². The fourth-order valence-electron chi connectivity index (χ4n) is 2.76. The van der Waals surface area contributed by atoms with Crippen LogP contribution in [0, 0.1) is 0 Å². The second-order valence-electron chi connectivity index (χ2n) is 5.36. The van der Waals surface area contributed by atoms with Crippen molar-refractivity contribution in [1.82, 2.24) is 4.98 Å². The molecule has 0 radical (unpaired) electrons. The Morgan fingerprint density at radius 1 is 1.09 bits per heavy atom. The minimum Gasteiger partial charge on any atom is -0.332 e. The summed E-state index contributed by atoms with van der Waals surface area (Å²) in [5.74, 6) is -0.0349.